The maximum atomic E-state index is 12.5. The van der Waals surface area contributed by atoms with E-state index >= 15 is 0 Å². The Morgan fingerprint density at radius 1 is 1.04 bits per heavy atom. The van der Waals surface area contributed by atoms with E-state index in [1.54, 1.807) is 12.1 Å². The molecular weight excluding hydrogens is 364 g/mol. The molecule has 0 amide bonds. The second-order valence-corrected chi connectivity index (χ2v) is 9.18. The van der Waals surface area contributed by atoms with Crippen molar-refractivity contribution >= 4 is 37.5 Å². The number of nitrogens with zero attached hydrogens (tertiary/aromatic N) is 4. The molecule has 0 spiro atoms. The number of aromatic nitrogens is 2. The quantitative estimate of drug-likeness (QED) is 0.774. The smallest absolute Gasteiger partial charge is 0.268 e. The molecule has 0 aliphatic rings. The van der Waals surface area contributed by atoms with E-state index in [0.29, 0.717) is 10.7 Å². The molecule has 23 heavy (non-hydrogen) atoms. The maximum absolute atomic E-state index is 12.5. The van der Waals surface area contributed by atoms with Crippen molar-refractivity contribution in [1.29, 1.82) is 0 Å². The van der Waals surface area contributed by atoms with Crippen molar-refractivity contribution in [3.05, 3.63) is 41.8 Å². The summed E-state index contributed by atoms with van der Waals surface area (Å²) in [5.41, 5.74) is 0.374. The van der Waals surface area contributed by atoms with E-state index in [2.05, 4.69) is 4.98 Å². The first kappa shape index (κ1) is 17.7. The highest BCUT2D eigenvalue weighted by molar-refractivity contribution is 7.92. The summed E-state index contributed by atoms with van der Waals surface area (Å²) in [5, 5.41) is 0.0984. The van der Waals surface area contributed by atoms with Crippen molar-refractivity contribution in [3.8, 4) is 0 Å². The Labute approximate surface area is 140 Å². The minimum Gasteiger partial charge on any atom is -0.268 e. The third-order valence-corrected chi connectivity index (χ3v) is 6.66. The molecule has 1 heterocycles. The molecule has 0 radical (unpaired) electrons. The number of halogens is 1. The number of sulfonamides is 1. The molecule has 1 aromatic carbocycles. The summed E-state index contributed by atoms with van der Waals surface area (Å²) < 4.78 is 51.7. The molecule has 0 bridgehead atoms. The van der Waals surface area contributed by atoms with Crippen molar-refractivity contribution in [2.24, 2.45) is 0 Å². The first-order valence-corrected chi connectivity index (χ1v) is 9.50. The molecule has 2 rings (SSSR count). The van der Waals surface area contributed by atoms with Crippen molar-refractivity contribution in [2.45, 2.75) is 5.03 Å². The Morgan fingerprint density at radius 2 is 1.61 bits per heavy atom. The average molecular weight is 379 g/mol. The number of benzene rings is 1. The van der Waals surface area contributed by atoms with E-state index in [1.807, 2.05) is 0 Å². The van der Waals surface area contributed by atoms with Crippen LogP contribution in [0.5, 0.6) is 0 Å². The Kier molecular flexibility index (Phi) is 4.71. The molecular formula is C12H15ClN4O4S2. The predicted molar refractivity (Wildman–Crippen MR) is 87.3 cm³/mol. The zero-order chi connectivity index (χ0) is 17.4. The standard InChI is InChI=1S/C12H15ClN4O4S2/c1-15(2)23(20,21)17-8-12(14-9-17)22(18,19)16(3)11-6-4-10(13)5-7-11/h4-9H,1-3H3. The van der Waals surface area contributed by atoms with Crippen LogP contribution in [-0.2, 0) is 20.2 Å². The fourth-order valence-electron chi connectivity index (χ4n) is 1.67. The lowest BCUT2D eigenvalue weighted by atomic mass is 10.3. The summed E-state index contributed by atoms with van der Waals surface area (Å²) >= 11 is 5.78. The lowest BCUT2D eigenvalue weighted by Crippen LogP contribution is -2.28. The van der Waals surface area contributed by atoms with Gasteiger partial charge >= 0.3 is 10.2 Å². The first-order valence-electron chi connectivity index (χ1n) is 6.28. The van der Waals surface area contributed by atoms with Crippen LogP contribution in [0.2, 0.25) is 5.02 Å². The summed E-state index contributed by atoms with van der Waals surface area (Å²) in [6.45, 7) is 0. The largest absolute Gasteiger partial charge is 0.308 e. The van der Waals surface area contributed by atoms with Gasteiger partial charge in [0.1, 0.15) is 6.33 Å². The van der Waals surface area contributed by atoms with Gasteiger partial charge in [-0.25, -0.2) is 8.96 Å². The Morgan fingerprint density at radius 3 is 2.13 bits per heavy atom. The van der Waals surface area contributed by atoms with Crippen molar-refractivity contribution < 1.29 is 16.8 Å². The van der Waals surface area contributed by atoms with E-state index in [9.17, 15) is 16.8 Å². The molecule has 0 unspecified atom stereocenters. The predicted octanol–water partition coefficient (Wildman–Crippen LogP) is 1.02. The van der Waals surface area contributed by atoms with Gasteiger partial charge in [0.15, 0.2) is 5.03 Å². The van der Waals surface area contributed by atoms with E-state index in [4.69, 9.17) is 11.6 Å². The first-order chi connectivity index (χ1) is 10.6. The van der Waals surface area contributed by atoms with Crippen LogP contribution in [-0.4, -0.2) is 51.2 Å². The molecule has 11 heteroatoms. The molecule has 0 N–H and O–H groups in total. The SMILES string of the molecule is CN(c1ccc(Cl)cc1)S(=O)(=O)c1cn(S(=O)(=O)N(C)C)cn1. The van der Waals surface area contributed by atoms with Crippen LogP contribution < -0.4 is 4.31 Å². The highest BCUT2D eigenvalue weighted by Crippen LogP contribution is 2.23. The molecule has 0 saturated carbocycles. The summed E-state index contributed by atoms with van der Waals surface area (Å²) in [6.07, 6.45) is 1.90. The van der Waals surface area contributed by atoms with Crippen LogP contribution in [0, 0.1) is 0 Å². The number of hydrogen-bond donors (Lipinski definition) is 0. The van der Waals surface area contributed by atoms with E-state index in [0.717, 1.165) is 25.1 Å². The number of hydrogen-bond acceptors (Lipinski definition) is 5. The molecule has 8 nitrogen and oxygen atoms in total. The lowest BCUT2D eigenvalue weighted by Gasteiger charge is -2.18. The highest BCUT2D eigenvalue weighted by atomic mass is 35.5. The van der Waals surface area contributed by atoms with Gasteiger partial charge in [0.2, 0.25) is 0 Å². The molecule has 0 fully saturated rings. The van der Waals surface area contributed by atoms with Crippen LogP contribution in [0.4, 0.5) is 5.69 Å². The number of anilines is 1. The highest BCUT2D eigenvalue weighted by Gasteiger charge is 2.26. The molecule has 0 aliphatic carbocycles. The Balaban J connectivity index is 2.41. The topological polar surface area (TPSA) is 92.6 Å². The van der Waals surface area contributed by atoms with Crippen molar-refractivity contribution in [3.63, 3.8) is 0 Å². The van der Waals surface area contributed by atoms with Crippen molar-refractivity contribution in [1.82, 2.24) is 13.3 Å². The molecule has 0 saturated heterocycles. The minimum absolute atomic E-state index is 0.374. The lowest BCUT2D eigenvalue weighted by molar-refractivity contribution is 0.510. The van der Waals surface area contributed by atoms with Gasteiger partial charge in [-0.3, -0.25) is 4.31 Å². The maximum Gasteiger partial charge on any atom is 0.308 e. The van der Waals surface area contributed by atoms with Crippen LogP contribution in [0.3, 0.4) is 0 Å². The van der Waals surface area contributed by atoms with Gasteiger partial charge in [0, 0.05) is 26.2 Å². The van der Waals surface area contributed by atoms with E-state index in [-0.39, 0.29) is 5.03 Å². The molecule has 1 aromatic heterocycles. The zero-order valence-electron chi connectivity index (χ0n) is 12.6. The summed E-state index contributed by atoms with van der Waals surface area (Å²) in [6, 6.07) is 6.18. The van der Waals surface area contributed by atoms with E-state index < -0.39 is 20.2 Å². The summed E-state index contributed by atoms with van der Waals surface area (Å²) in [5.74, 6) is 0. The average Bonchev–Trinajstić information content (AvgIpc) is 2.98. The van der Waals surface area contributed by atoms with Gasteiger partial charge in [-0.2, -0.15) is 21.1 Å². The fraction of sp³-hybridized carbons (Fsp3) is 0.250. The third kappa shape index (κ3) is 3.34. The zero-order valence-corrected chi connectivity index (χ0v) is 15.0. The van der Waals surface area contributed by atoms with Gasteiger partial charge < -0.3 is 0 Å². The minimum atomic E-state index is -3.99. The monoisotopic (exact) mass is 378 g/mol. The van der Waals surface area contributed by atoms with Gasteiger partial charge in [-0.1, -0.05) is 11.6 Å². The number of imidazole rings is 1. The molecule has 0 aliphatic heterocycles. The summed E-state index contributed by atoms with van der Waals surface area (Å²) in [4.78, 5) is 3.70. The molecule has 0 atom stereocenters. The second-order valence-electron chi connectivity index (χ2n) is 4.78. The van der Waals surface area contributed by atoms with Gasteiger partial charge in [0.25, 0.3) is 10.0 Å². The van der Waals surface area contributed by atoms with Gasteiger partial charge in [-0.15, -0.1) is 0 Å². The van der Waals surface area contributed by atoms with Gasteiger partial charge in [0.05, 0.1) is 11.9 Å². The van der Waals surface area contributed by atoms with Crippen LogP contribution in [0.25, 0.3) is 0 Å². The van der Waals surface area contributed by atoms with Gasteiger partial charge in [-0.05, 0) is 24.3 Å². The third-order valence-electron chi connectivity index (χ3n) is 3.08. The second kappa shape index (κ2) is 6.11. The van der Waals surface area contributed by atoms with Crippen LogP contribution >= 0.6 is 11.6 Å². The van der Waals surface area contributed by atoms with E-state index in [1.165, 1.54) is 33.3 Å². The van der Waals surface area contributed by atoms with Crippen molar-refractivity contribution in [2.75, 3.05) is 25.4 Å². The Hall–Kier alpha value is -1.62. The fourth-order valence-corrected chi connectivity index (χ4v) is 3.74. The number of rotatable bonds is 5. The molecule has 2 aromatic rings. The van der Waals surface area contributed by atoms with Crippen LogP contribution in [0.1, 0.15) is 0 Å². The summed E-state index contributed by atoms with van der Waals surface area (Å²) in [7, 11) is -3.80. The normalized spacial score (nSPS) is 12.6. The Bertz CT molecular complexity index is 905. The van der Waals surface area contributed by atoms with Crippen LogP contribution in [0.15, 0.2) is 41.8 Å². The molecule has 126 valence electrons.